The topological polar surface area (TPSA) is 95.5 Å². The van der Waals surface area contributed by atoms with Gasteiger partial charge in [0.05, 0.1) is 18.9 Å². The summed E-state index contributed by atoms with van der Waals surface area (Å²) in [4.78, 5) is 0. The van der Waals surface area contributed by atoms with Gasteiger partial charge in [0.1, 0.15) is 0 Å². The van der Waals surface area contributed by atoms with Crippen LogP contribution in [-0.2, 0) is 21.4 Å². The van der Waals surface area contributed by atoms with Crippen molar-refractivity contribution in [3.8, 4) is 0 Å². The van der Waals surface area contributed by atoms with Crippen molar-refractivity contribution in [2.45, 2.75) is 37.0 Å². The van der Waals surface area contributed by atoms with Crippen LogP contribution in [-0.4, -0.2) is 54.3 Å². The molecule has 7 nitrogen and oxygen atoms in total. The Morgan fingerprint density at radius 1 is 1.58 bits per heavy atom. The molecule has 1 aliphatic heterocycles. The molecule has 0 aromatic carbocycles. The molecule has 0 amide bonds. The smallest absolute Gasteiger partial charge is 0.260 e. The Hall–Kier alpha value is -0.960. The van der Waals surface area contributed by atoms with Gasteiger partial charge in [0, 0.05) is 25.8 Å². The Morgan fingerprint density at radius 2 is 2.37 bits per heavy atom. The normalized spacial score (nSPS) is 20.9. The number of H-pyrrole nitrogens is 1. The molecule has 0 spiro atoms. The van der Waals surface area contributed by atoms with E-state index in [0.29, 0.717) is 13.2 Å². The van der Waals surface area contributed by atoms with Gasteiger partial charge in [-0.25, -0.2) is 8.42 Å². The maximum absolute atomic E-state index is 12.3. The van der Waals surface area contributed by atoms with Gasteiger partial charge in [-0.3, -0.25) is 5.10 Å². The van der Waals surface area contributed by atoms with Crippen molar-refractivity contribution in [2.75, 3.05) is 20.2 Å². The third kappa shape index (κ3) is 3.14. The van der Waals surface area contributed by atoms with Gasteiger partial charge < -0.3 is 9.84 Å². The number of rotatable bonds is 5. The first-order valence-electron chi connectivity index (χ1n) is 6.26. The number of ether oxygens (including phenoxy) is 1. The highest BCUT2D eigenvalue weighted by Gasteiger charge is 2.28. The molecule has 1 aromatic heterocycles. The minimum Gasteiger partial charge on any atom is -0.392 e. The molecule has 2 heterocycles. The molecule has 8 heteroatoms. The van der Waals surface area contributed by atoms with Crippen molar-refractivity contribution in [1.82, 2.24) is 14.5 Å². The first-order valence-corrected chi connectivity index (χ1v) is 7.70. The number of nitrogens with zero attached hydrogens (tertiary/aromatic N) is 2. The van der Waals surface area contributed by atoms with E-state index in [0.717, 1.165) is 19.3 Å². The van der Waals surface area contributed by atoms with Crippen LogP contribution in [0.3, 0.4) is 0 Å². The van der Waals surface area contributed by atoms with Gasteiger partial charge in [-0.05, 0) is 19.3 Å². The van der Waals surface area contributed by atoms with E-state index in [-0.39, 0.29) is 23.3 Å². The molecule has 108 valence electrons. The van der Waals surface area contributed by atoms with Crippen molar-refractivity contribution in [1.29, 1.82) is 0 Å². The lowest BCUT2D eigenvalue weighted by Crippen LogP contribution is -2.37. The molecule has 2 N–H and O–H groups in total. The number of sulfonamides is 1. The SMILES string of the molecule is CN(CC1CCCCO1)S(=O)(=O)c1[nH]ncc1CO. The summed E-state index contributed by atoms with van der Waals surface area (Å²) in [5.41, 5.74) is 0.274. The molecule has 0 bridgehead atoms. The number of aromatic nitrogens is 2. The van der Waals surface area contributed by atoms with E-state index in [2.05, 4.69) is 10.2 Å². The standard InChI is InChI=1S/C11H19N3O4S/c1-14(7-10-4-2-3-5-18-10)19(16,17)11-9(8-15)6-12-13-11/h6,10,15H,2-5,7-8H2,1H3,(H,12,13). The third-order valence-electron chi connectivity index (χ3n) is 3.25. The minimum atomic E-state index is -3.66. The van der Waals surface area contributed by atoms with Gasteiger partial charge >= 0.3 is 0 Å². The van der Waals surface area contributed by atoms with E-state index in [9.17, 15) is 8.42 Å². The minimum absolute atomic E-state index is 0.0479. The van der Waals surface area contributed by atoms with E-state index in [1.807, 2.05) is 0 Å². The quantitative estimate of drug-likeness (QED) is 0.801. The fourth-order valence-corrected chi connectivity index (χ4v) is 3.42. The molecule has 0 radical (unpaired) electrons. The molecular formula is C11H19N3O4S. The third-order valence-corrected chi connectivity index (χ3v) is 5.09. The van der Waals surface area contributed by atoms with Crippen LogP contribution in [0.15, 0.2) is 11.2 Å². The van der Waals surface area contributed by atoms with Crippen molar-refractivity contribution in [3.63, 3.8) is 0 Å². The maximum atomic E-state index is 12.3. The number of aromatic amines is 1. The summed E-state index contributed by atoms with van der Waals surface area (Å²) >= 11 is 0. The molecule has 19 heavy (non-hydrogen) atoms. The van der Waals surface area contributed by atoms with Crippen molar-refractivity contribution < 1.29 is 18.3 Å². The second-order valence-corrected chi connectivity index (χ2v) is 6.64. The number of aliphatic hydroxyl groups excluding tert-OH is 1. The summed E-state index contributed by atoms with van der Waals surface area (Å²) in [7, 11) is -2.15. The summed E-state index contributed by atoms with van der Waals surface area (Å²) in [6.07, 6.45) is 4.22. The van der Waals surface area contributed by atoms with Crippen LogP contribution in [0.25, 0.3) is 0 Å². The van der Waals surface area contributed by atoms with Crippen LogP contribution in [0.5, 0.6) is 0 Å². The van der Waals surface area contributed by atoms with E-state index >= 15 is 0 Å². The van der Waals surface area contributed by atoms with Crippen LogP contribution in [0.2, 0.25) is 0 Å². The fraction of sp³-hybridized carbons (Fsp3) is 0.727. The number of aliphatic hydroxyl groups is 1. The Labute approximate surface area is 112 Å². The molecule has 1 unspecified atom stereocenters. The first kappa shape index (κ1) is 14.4. The van der Waals surface area contributed by atoms with Crippen LogP contribution >= 0.6 is 0 Å². The Kier molecular flexibility index (Phi) is 4.56. The zero-order chi connectivity index (χ0) is 13.9. The molecule has 0 aliphatic carbocycles. The highest BCUT2D eigenvalue weighted by atomic mass is 32.2. The predicted octanol–water partition coefficient (Wildman–Crippen LogP) is 0.0916. The molecule has 1 atom stereocenters. The zero-order valence-electron chi connectivity index (χ0n) is 10.9. The van der Waals surface area contributed by atoms with Gasteiger partial charge in [-0.2, -0.15) is 9.40 Å². The maximum Gasteiger partial charge on any atom is 0.260 e. The lowest BCUT2D eigenvalue weighted by molar-refractivity contribution is 0.00855. The second kappa shape index (κ2) is 6.00. The molecule has 2 rings (SSSR count). The lowest BCUT2D eigenvalue weighted by atomic mass is 10.1. The van der Waals surface area contributed by atoms with Crippen LogP contribution in [0, 0.1) is 0 Å². The number of likely N-dealkylation sites (N-methyl/N-ethyl adjacent to an activating group) is 1. The van der Waals surface area contributed by atoms with Crippen LogP contribution in [0.1, 0.15) is 24.8 Å². The van der Waals surface area contributed by atoms with E-state index in [4.69, 9.17) is 9.84 Å². The highest BCUT2D eigenvalue weighted by Crippen LogP contribution is 2.19. The second-order valence-electron chi connectivity index (χ2n) is 4.66. The largest absolute Gasteiger partial charge is 0.392 e. The Balaban J connectivity index is 2.10. The van der Waals surface area contributed by atoms with Gasteiger partial charge in [0.2, 0.25) is 0 Å². The average Bonchev–Trinajstić information content (AvgIpc) is 2.88. The van der Waals surface area contributed by atoms with Gasteiger partial charge in [0.25, 0.3) is 10.0 Å². The molecule has 1 aliphatic rings. The first-order chi connectivity index (χ1) is 9.05. The fourth-order valence-electron chi connectivity index (χ4n) is 2.13. The predicted molar refractivity (Wildman–Crippen MR) is 67.9 cm³/mol. The lowest BCUT2D eigenvalue weighted by Gasteiger charge is -2.26. The molecule has 0 saturated carbocycles. The van der Waals surface area contributed by atoms with Crippen LogP contribution in [0.4, 0.5) is 0 Å². The van der Waals surface area contributed by atoms with Crippen molar-refractivity contribution in [2.24, 2.45) is 0 Å². The highest BCUT2D eigenvalue weighted by molar-refractivity contribution is 7.89. The molecule has 1 aromatic rings. The number of nitrogens with one attached hydrogen (secondary N) is 1. The van der Waals surface area contributed by atoms with Gasteiger partial charge in [-0.15, -0.1) is 0 Å². The summed E-state index contributed by atoms with van der Waals surface area (Å²) in [5, 5.41) is 15.2. The van der Waals surface area contributed by atoms with E-state index < -0.39 is 10.0 Å². The monoisotopic (exact) mass is 289 g/mol. The number of hydrogen-bond acceptors (Lipinski definition) is 5. The summed E-state index contributed by atoms with van der Waals surface area (Å²) in [6.45, 7) is 0.634. The zero-order valence-corrected chi connectivity index (χ0v) is 11.7. The van der Waals surface area contributed by atoms with Gasteiger partial charge in [-0.1, -0.05) is 0 Å². The summed E-state index contributed by atoms with van der Waals surface area (Å²) < 4.78 is 31.5. The summed E-state index contributed by atoms with van der Waals surface area (Å²) in [5.74, 6) is 0. The molecule has 1 saturated heterocycles. The molecule has 1 fully saturated rings. The average molecular weight is 289 g/mol. The van der Waals surface area contributed by atoms with Gasteiger partial charge in [0.15, 0.2) is 5.03 Å². The molecular weight excluding hydrogens is 270 g/mol. The number of hydrogen-bond donors (Lipinski definition) is 2. The Morgan fingerprint density at radius 3 is 3.00 bits per heavy atom. The van der Waals surface area contributed by atoms with Crippen molar-refractivity contribution in [3.05, 3.63) is 11.8 Å². The van der Waals surface area contributed by atoms with Crippen molar-refractivity contribution >= 4 is 10.0 Å². The Bertz CT molecular complexity index is 508. The van der Waals surface area contributed by atoms with E-state index in [1.165, 1.54) is 17.5 Å². The summed E-state index contributed by atoms with van der Waals surface area (Å²) in [6, 6.07) is 0. The van der Waals surface area contributed by atoms with E-state index in [1.54, 1.807) is 0 Å². The van der Waals surface area contributed by atoms with Crippen LogP contribution < -0.4 is 0 Å².